The molecule has 4 rings (SSSR count). The molecule has 1 N–H and O–H groups in total. The second kappa shape index (κ2) is 8.53. The van der Waals surface area contributed by atoms with Crippen molar-refractivity contribution in [3.63, 3.8) is 0 Å². The summed E-state index contributed by atoms with van der Waals surface area (Å²) in [6.45, 7) is 0.210. The van der Waals surface area contributed by atoms with Gasteiger partial charge in [0.2, 0.25) is 6.79 Å². The highest BCUT2D eigenvalue weighted by molar-refractivity contribution is 6.08. The minimum absolute atomic E-state index is 0.143. The molecule has 0 aromatic heterocycles. The number of allylic oxidation sites excluding steroid dienone is 1. The molecule has 1 heterocycles. The van der Waals surface area contributed by atoms with Crippen LogP contribution in [-0.2, 0) is 0 Å². The van der Waals surface area contributed by atoms with Gasteiger partial charge >= 0.3 is 0 Å². The van der Waals surface area contributed by atoms with Gasteiger partial charge in [0.05, 0.1) is 12.7 Å². The molecule has 0 aliphatic carbocycles. The predicted octanol–water partition coefficient (Wildman–Crippen LogP) is 4.57. The first-order chi connectivity index (χ1) is 14.6. The van der Waals surface area contributed by atoms with E-state index in [2.05, 4.69) is 5.32 Å². The summed E-state index contributed by atoms with van der Waals surface area (Å²) in [6.07, 6.45) is 3.22. The van der Waals surface area contributed by atoms with Crippen LogP contribution in [0, 0.1) is 0 Å². The number of para-hydroxylation sites is 1. The predicted molar refractivity (Wildman–Crippen MR) is 113 cm³/mol. The zero-order valence-corrected chi connectivity index (χ0v) is 16.3. The van der Waals surface area contributed by atoms with E-state index < -0.39 is 0 Å². The fourth-order valence-corrected chi connectivity index (χ4v) is 3.03. The maximum Gasteiger partial charge on any atom is 0.259 e. The molecule has 150 valence electrons. The minimum Gasteiger partial charge on any atom is -0.496 e. The molecule has 1 aliphatic rings. The van der Waals surface area contributed by atoms with Gasteiger partial charge in [0.1, 0.15) is 5.75 Å². The lowest BCUT2D eigenvalue weighted by Crippen LogP contribution is -2.13. The number of ether oxygens (including phenoxy) is 3. The number of hydrogen-bond donors (Lipinski definition) is 1. The molecule has 30 heavy (non-hydrogen) atoms. The van der Waals surface area contributed by atoms with Crippen LogP contribution in [-0.4, -0.2) is 25.6 Å². The van der Waals surface area contributed by atoms with Gasteiger partial charge in [-0.3, -0.25) is 9.59 Å². The van der Waals surface area contributed by atoms with E-state index in [1.165, 1.54) is 13.2 Å². The van der Waals surface area contributed by atoms with E-state index in [0.29, 0.717) is 34.1 Å². The van der Waals surface area contributed by atoms with Crippen LogP contribution < -0.4 is 19.5 Å². The average Bonchev–Trinajstić information content (AvgIpc) is 3.26. The second-order valence-electron chi connectivity index (χ2n) is 6.54. The Balaban J connectivity index is 1.41. The molecule has 1 amide bonds. The van der Waals surface area contributed by atoms with Gasteiger partial charge in [0.25, 0.3) is 5.91 Å². The third-order valence-corrected chi connectivity index (χ3v) is 4.60. The summed E-state index contributed by atoms with van der Waals surface area (Å²) in [5, 5.41) is 2.81. The van der Waals surface area contributed by atoms with Gasteiger partial charge in [-0.2, -0.15) is 0 Å². The van der Waals surface area contributed by atoms with Crippen LogP contribution in [0.4, 0.5) is 5.69 Å². The summed E-state index contributed by atoms with van der Waals surface area (Å²) in [6, 6.07) is 19.2. The molecule has 0 unspecified atom stereocenters. The molecule has 0 fully saturated rings. The van der Waals surface area contributed by atoms with E-state index in [-0.39, 0.29) is 18.5 Å². The summed E-state index contributed by atoms with van der Waals surface area (Å²) in [5.74, 6) is 1.43. The van der Waals surface area contributed by atoms with Crippen LogP contribution in [0.2, 0.25) is 0 Å². The van der Waals surface area contributed by atoms with Gasteiger partial charge in [0, 0.05) is 11.3 Å². The molecular formula is C24H19NO5. The summed E-state index contributed by atoms with van der Waals surface area (Å²) in [4.78, 5) is 24.9. The van der Waals surface area contributed by atoms with Gasteiger partial charge in [-0.1, -0.05) is 24.3 Å². The van der Waals surface area contributed by atoms with Crippen LogP contribution in [0.25, 0.3) is 6.08 Å². The lowest BCUT2D eigenvalue weighted by atomic mass is 10.1. The quantitative estimate of drug-likeness (QED) is 0.484. The molecule has 0 atom stereocenters. The number of carbonyl (C=O) groups excluding carboxylic acids is 2. The van der Waals surface area contributed by atoms with E-state index in [1.54, 1.807) is 54.6 Å². The first-order valence-corrected chi connectivity index (χ1v) is 9.30. The number of hydrogen-bond acceptors (Lipinski definition) is 5. The van der Waals surface area contributed by atoms with Crippen LogP contribution >= 0.6 is 0 Å². The normalized spacial score (nSPS) is 12.0. The molecule has 0 saturated carbocycles. The number of benzene rings is 3. The van der Waals surface area contributed by atoms with Crippen molar-refractivity contribution < 1.29 is 23.8 Å². The van der Waals surface area contributed by atoms with Crippen molar-refractivity contribution in [2.24, 2.45) is 0 Å². The maximum absolute atomic E-state index is 12.5. The summed E-state index contributed by atoms with van der Waals surface area (Å²) in [5.41, 5.74) is 2.38. The van der Waals surface area contributed by atoms with Crippen molar-refractivity contribution in [1.29, 1.82) is 0 Å². The van der Waals surface area contributed by atoms with Crippen LogP contribution in [0.1, 0.15) is 26.3 Å². The lowest BCUT2D eigenvalue weighted by Gasteiger charge is -2.09. The number of methoxy groups -OCH3 is 1. The first-order valence-electron chi connectivity index (χ1n) is 9.30. The Labute approximate surface area is 173 Å². The Morgan fingerprint density at radius 2 is 1.73 bits per heavy atom. The largest absolute Gasteiger partial charge is 0.496 e. The van der Waals surface area contributed by atoms with Crippen LogP contribution in [0.5, 0.6) is 17.2 Å². The number of amides is 1. The molecule has 0 bridgehead atoms. The van der Waals surface area contributed by atoms with E-state index >= 15 is 0 Å². The Morgan fingerprint density at radius 1 is 0.967 bits per heavy atom. The topological polar surface area (TPSA) is 73.9 Å². The maximum atomic E-state index is 12.5. The Kier molecular flexibility index (Phi) is 5.48. The van der Waals surface area contributed by atoms with Crippen LogP contribution in [0.15, 0.2) is 72.8 Å². The van der Waals surface area contributed by atoms with Crippen molar-refractivity contribution in [3.8, 4) is 17.2 Å². The first kappa shape index (κ1) is 19.3. The van der Waals surface area contributed by atoms with E-state index in [1.807, 2.05) is 18.2 Å². The zero-order valence-electron chi connectivity index (χ0n) is 16.3. The van der Waals surface area contributed by atoms with Crippen molar-refractivity contribution >= 4 is 23.5 Å². The molecule has 1 aliphatic heterocycles. The second-order valence-corrected chi connectivity index (χ2v) is 6.54. The molecule has 3 aromatic carbocycles. The molecule has 6 nitrogen and oxygen atoms in total. The third kappa shape index (κ3) is 4.17. The summed E-state index contributed by atoms with van der Waals surface area (Å²) < 4.78 is 15.8. The molecule has 0 saturated heterocycles. The standard InChI is InChI=1S/C24H19NO5/c1-28-21-5-3-2-4-19(21)24(27)25-18-10-8-17(9-11-18)20(26)12-6-16-7-13-22-23(14-16)30-15-29-22/h2-14H,15H2,1H3,(H,25,27). The zero-order chi connectivity index (χ0) is 20.9. The number of nitrogens with one attached hydrogen (secondary N) is 1. The van der Waals surface area contributed by atoms with E-state index in [4.69, 9.17) is 14.2 Å². The Bertz CT molecular complexity index is 1120. The lowest BCUT2D eigenvalue weighted by molar-refractivity contribution is 0.102. The Hall–Kier alpha value is -4.06. The monoisotopic (exact) mass is 401 g/mol. The average molecular weight is 401 g/mol. The molecular weight excluding hydrogens is 382 g/mol. The SMILES string of the molecule is COc1ccccc1C(=O)Nc1ccc(C(=O)C=Cc2ccc3c(c2)OCO3)cc1. The van der Waals surface area contributed by atoms with Crippen LogP contribution in [0.3, 0.4) is 0 Å². The van der Waals surface area contributed by atoms with Crippen molar-refractivity contribution in [3.05, 3.63) is 89.5 Å². The Morgan fingerprint density at radius 3 is 2.53 bits per heavy atom. The number of fused-ring (bicyclic) bond motifs is 1. The van der Waals surface area contributed by atoms with E-state index in [9.17, 15) is 9.59 Å². The van der Waals surface area contributed by atoms with Crippen molar-refractivity contribution in [1.82, 2.24) is 0 Å². The van der Waals surface area contributed by atoms with Crippen molar-refractivity contribution in [2.45, 2.75) is 0 Å². The number of rotatable bonds is 6. The molecule has 0 spiro atoms. The molecule has 0 radical (unpaired) electrons. The number of carbonyl (C=O) groups is 2. The van der Waals surface area contributed by atoms with Gasteiger partial charge in [-0.15, -0.1) is 0 Å². The van der Waals surface area contributed by atoms with E-state index in [0.717, 1.165) is 5.56 Å². The van der Waals surface area contributed by atoms with Gasteiger partial charge < -0.3 is 19.5 Å². The molecule has 6 heteroatoms. The number of anilines is 1. The fourth-order valence-electron chi connectivity index (χ4n) is 3.03. The van der Waals surface area contributed by atoms with Gasteiger partial charge in [-0.25, -0.2) is 0 Å². The number of ketones is 1. The smallest absolute Gasteiger partial charge is 0.259 e. The summed E-state index contributed by atoms with van der Waals surface area (Å²) >= 11 is 0. The highest BCUT2D eigenvalue weighted by atomic mass is 16.7. The summed E-state index contributed by atoms with van der Waals surface area (Å²) in [7, 11) is 1.52. The van der Waals surface area contributed by atoms with Gasteiger partial charge in [0.15, 0.2) is 17.3 Å². The fraction of sp³-hybridized carbons (Fsp3) is 0.0833. The third-order valence-electron chi connectivity index (χ3n) is 4.60. The highest BCUT2D eigenvalue weighted by Gasteiger charge is 2.13. The van der Waals surface area contributed by atoms with Crippen molar-refractivity contribution in [2.75, 3.05) is 19.2 Å². The highest BCUT2D eigenvalue weighted by Crippen LogP contribution is 2.32. The molecule has 3 aromatic rings. The van der Waals surface area contributed by atoms with Gasteiger partial charge in [-0.05, 0) is 60.2 Å². The minimum atomic E-state index is -0.283.